The molecule has 1 aromatic rings. The molecule has 5 nitrogen and oxygen atoms in total. The van der Waals surface area contributed by atoms with Gasteiger partial charge in [-0.15, -0.1) is 0 Å². The summed E-state index contributed by atoms with van der Waals surface area (Å²) in [6.45, 7) is 15.6. The minimum Gasteiger partial charge on any atom is -0.445 e. The number of hydrogen-bond donors (Lipinski definition) is 0. The van der Waals surface area contributed by atoms with Crippen LogP contribution in [0.2, 0.25) is 18.1 Å². The Kier molecular flexibility index (Phi) is 6.63. The zero-order valence-electron chi connectivity index (χ0n) is 16.7. The van der Waals surface area contributed by atoms with Gasteiger partial charge in [0, 0.05) is 30.9 Å². The van der Waals surface area contributed by atoms with Gasteiger partial charge in [-0.2, -0.15) is 0 Å². The average molecular weight is 377 g/mol. The Morgan fingerprint density at radius 3 is 2.73 bits per heavy atom. The molecule has 2 atom stereocenters. The lowest BCUT2D eigenvalue weighted by Gasteiger charge is -2.38. The summed E-state index contributed by atoms with van der Waals surface area (Å²) < 4.78 is 11.9. The number of hydrogen-bond acceptors (Lipinski definition) is 4. The van der Waals surface area contributed by atoms with Crippen LogP contribution in [0.3, 0.4) is 0 Å². The van der Waals surface area contributed by atoms with Gasteiger partial charge in [0.15, 0.2) is 8.32 Å². The summed E-state index contributed by atoms with van der Waals surface area (Å²) in [5, 5.41) is 0.139. The van der Waals surface area contributed by atoms with Crippen molar-refractivity contribution in [2.75, 3.05) is 13.2 Å². The molecule has 0 N–H and O–H groups in total. The molecule has 1 aliphatic heterocycles. The van der Waals surface area contributed by atoms with Crippen molar-refractivity contribution < 1.29 is 14.0 Å². The van der Waals surface area contributed by atoms with Gasteiger partial charge in [-0.1, -0.05) is 39.5 Å². The summed E-state index contributed by atoms with van der Waals surface area (Å²) in [4.78, 5) is 18.7. The summed E-state index contributed by atoms with van der Waals surface area (Å²) in [6.07, 6.45) is 4.64. The Bertz CT molecular complexity index is 613. The number of rotatable bonds is 6. The lowest BCUT2D eigenvalue weighted by Crippen LogP contribution is -2.44. The largest absolute Gasteiger partial charge is 0.445 e. The van der Waals surface area contributed by atoms with Crippen LogP contribution in [0.5, 0.6) is 0 Å². The van der Waals surface area contributed by atoms with Gasteiger partial charge < -0.3 is 14.1 Å². The molecule has 0 aliphatic carbocycles. The number of nitrogens with zero attached hydrogens (tertiary/aromatic N) is 2. The number of carbonyl (C=O) groups excluding carboxylic acids is 1. The fourth-order valence-electron chi connectivity index (χ4n) is 2.94. The molecule has 26 heavy (non-hydrogen) atoms. The van der Waals surface area contributed by atoms with Crippen LogP contribution in [-0.4, -0.2) is 49.6 Å². The molecule has 1 fully saturated rings. The number of carbonyl (C=O) groups is 1. The summed E-state index contributed by atoms with van der Waals surface area (Å²) in [5.41, 5.74) is 0.979. The van der Waals surface area contributed by atoms with Gasteiger partial charge in [0.05, 0.1) is 6.10 Å². The van der Waals surface area contributed by atoms with Crippen LogP contribution in [0.15, 0.2) is 37.1 Å². The van der Waals surface area contributed by atoms with Crippen LogP contribution in [0, 0.1) is 0 Å². The highest BCUT2D eigenvalue weighted by Gasteiger charge is 2.44. The second-order valence-electron chi connectivity index (χ2n) is 8.43. The van der Waals surface area contributed by atoms with Gasteiger partial charge in [0.1, 0.15) is 6.61 Å². The van der Waals surface area contributed by atoms with E-state index in [-0.39, 0.29) is 29.9 Å². The quantitative estimate of drug-likeness (QED) is 0.545. The summed E-state index contributed by atoms with van der Waals surface area (Å²) in [6, 6.07) is 5.91. The highest BCUT2D eigenvalue weighted by atomic mass is 28.4. The Labute approximate surface area is 158 Å². The molecule has 2 rings (SSSR count). The van der Waals surface area contributed by atoms with Crippen LogP contribution in [0.25, 0.3) is 0 Å². The third kappa shape index (κ3) is 5.17. The van der Waals surface area contributed by atoms with Crippen LogP contribution in [0.4, 0.5) is 4.79 Å². The highest BCUT2D eigenvalue weighted by molar-refractivity contribution is 6.74. The molecular formula is C20H32N2O3Si. The minimum atomic E-state index is -1.89. The van der Waals surface area contributed by atoms with Crippen molar-refractivity contribution in [3.05, 3.63) is 42.7 Å². The van der Waals surface area contributed by atoms with Crippen LogP contribution >= 0.6 is 0 Å². The fourth-order valence-corrected chi connectivity index (χ4v) is 4.30. The molecule has 6 heteroatoms. The number of pyridine rings is 1. The molecule has 0 radical (unpaired) electrons. The molecule has 144 valence electrons. The molecule has 1 amide bonds. The van der Waals surface area contributed by atoms with Crippen LogP contribution in [0.1, 0.15) is 32.9 Å². The van der Waals surface area contributed by atoms with Crippen LogP contribution < -0.4 is 0 Å². The van der Waals surface area contributed by atoms with E-state index in [2.05, 4.69) is 45.4 Å². The summed E-state index contributed by atoms with van der Waals surface area (Å²) in [5.74, 6) is 0. The van der Waals surface area contributed by atoms with Crippen molar-refractivity contribution in [3.63, 3.8) is 0 Å². The third-order valence-corrected chi connectivity index (χ3v) is 9.91. The zero-order valence-corrected chi connectivity index (χ0v) is 17.7. The highest BCUT2D eigenvalue weighted by Crippen LogP contribution is 2.39. The Hall–Kier alpha value is -1.66. The first kappa shape index (κ1) is 20.6. The average Bonchev–Trinajstić information content (AvgIpc) is 2.94. The van der Waals surface area contributed by atoms with Gasteiger partial charge in [-0.05, 0) is 36.7 Å². The van der Waals surface area contributed by atoms with Crippen molar-refractivity contribution in [1.29, 1.82) is 0 Å². The van der Waals surface area contributed by atoms with E-state index in [1.807, 2.05) is 18.2 Å². The maximum atomic E-state index is 12.5. The molecule has 0 spiro atoms. The predicted molar refractivity (Wildman–Crippen MR) is 107 cm³/mol. The molecule has 2 heterocycles. The SMILES string of the molecule is C=CCOC(=O)N1CC(O[Si](C)(C)C(C)(C)C)CC1Cc1ccccn1. The summed E-state index contributed by atoms with van der Waals surface area (Å²) >= 11 is 0. The van der Waals surface area contributed by atoms with Gasteiger partial charge in [0.25, 0.3) is 0 Å². The van der Waals surface area contributed by atoms with Crippen molar-refractivity contribution in [3.8, 4) is 0 Å². The van der Waals surface area contributed by atoms with E-state index >= 15 is 0 Å². The number of likely N-dealkylation sites (tertiary alicyclic amines) is 1. The van der Waals surface area contributed by atoms with E-state index in [4.69, 9.17) is 9.16 Å². The van der Waals surface area contributed by atoms with E-state index in [1.165, 1.54) is 0 Å². The molecule has 0 aromatic carbocycles. The van der Waals surface area contributed by atoms with E-state index in [9.17, 15) is 4.79 Å². The Balaban J connectivity index is 2.12. The van der Waals surface area contributed by atoms with E-state index in [0.717, 1.165) is 12.1 Å². The first-order valence-corrected chi connectivity index (χ1v) is 12.2. The van der Waals surface area contributed by atoms with Gasteiger partial charge in [0.2, 0.25) is 0 Å². The topological polar surface area (TPSA) is 51.7 Å². The van der Waals surface area contributed by atoms with Crippen molar-refractivity contribution >= 4 is 14.4 Å². The van der Waals surface area contributed by atoms with Crippen LogP contribution in [-0.2, 0) is 15.6 Å². The molecular weight excluding hydrogens is 344 g/mol. The smallest absolute Gasteiger partial charge is 0.410 e. The Morgan fingerprint density at radius 1 is 1.42 bits per heavy atom. The maximum absolute atomic E-state index is 12.5. The number of ether oxygens (including phenoxy) is 1. The second-order valence-corrected chi connectivity index (χ2v) is 13.2. The van der Waals surface area contributed by atoms with E-state index < -0.39 is 8.32 Å². The normalized spacial score (nSPS) is 20.9. The number of amides is 1. The monoisotopic (exact) mass is 376 g/mol. The first-order valence-electron chi connectivity index (χ1n) is 9.26. The van der Waals surface area contributed by atoms with Gasteiger partial charge in [-0.3, -0.25) is 4.98 Å². The predicted octanol–water partition coefficient (Wildman–Crippen LogP) is 4.41. The lowest BCUT2D eigenvalue weighted by molar-refractivity contribution is 0.103. The van der Waals surface area contributed by atoms with Crippen molar-refractivity contribution in [2.24, 2.45) is 0 Å². The van der Waals surface area contributed by atoms with E-state index in [0.29, 0.717) is 13.0 Å². The fraction of sp³-hybridized carbons (Fsp3) is 0.600. The summed E-state index contributed by atoms with van der Waals surface area (Å²) in [7, 11) is -1.89. The Morgan fingerprint density at radius 2 is 2.15 bits per heavy atom. The minimum absolute atomic E-state index is 0.0389. The van der Waals surface area contributed by atoms with Crippen molar-refractivity contribution in [2.45, 2.75) is 63.9 Å². The van der Waals surface area contributed by atoms with Gasteiger partial charge >= 0.3 is 6.09 Å². The molecule has 2 unspecified atom stereocenters. The molecule has 0 bridgehead atoms. The number of aromatic nitrogens is 1. The first-order chi connectivity index (χ1) is 12.1. The van der Waals surface area contributed by atoms with Gasteiger partial charge in [-0.25, -0.2) is 4.79 Å². The standard InChI is InChI=1S/C20H32N2O3Si/c1-7-12-24-19(23)22-15-18(25-26(5,6)20(2,3)4)14-17(22)13-16-10-8-9-11-21-16/h7-11,17-18H,1,12-15H2,2-6H3. The second kappa shape index (κ2) is 8.35. The molecule has 1 aliphatic rings. The molecule has 1 saturated heterocycles. The maximum Gasteiger partial charge on any atom is 0.410 e. The zero-order chi connectivity index (χ0) is 19.4. The molecule has 1 aromatic heterocycles. The lowest BCUT2D eigenvalue weighted by atomic mass is 10.1. The van der Waals surface area contributed by atoms with Crippen molar-refractivity contribution in [1.82, 2.24) is 9.88 Å². The van der Waals surface area contributed by atoms with E-state index in [1.54, 1.807) is 17.2 Å². The third-order valence-electron chi connectivity index (χ3n) is 5.37. The molecule has 0 saturated carbocycles.